The Morgan fingerprint density at radius 1 is 1.40 bits per heavy atom. The minimum Gasteiger partial charge on any atom is -0.469 e. The molecule has 0 spiro atoms. The van der Waals surface area contributed by atoms with E-state index in [-0.39, 0.29) is 25.0 Å². The van der Waals surface area contributed by atoms with Crippen molar-refractivity contribution >= 4 is 11.8 Å². The third-order valence-electron chi connectivity index (χ3n) is 4.27. The van der Waals surface area contributed by atoms with E-state index < -0.39 is 0 Å². The number of furan rings is 1. The molecule has 25 heavy (non-hydrogen) atoms. The zero-order valence-corrected chi connectivity index (χ0v) is 14.2. The van der Waals surface area contributed by atoms with E-state index in [1.165, 1.54) is 6.26 Å². The average molecular weight is 346 g/mol. The molecule has 2 N–H and O–H groups in total. The Labute approximate surface area is 145 Å². The fourth-order valence-electron chi connectivity index (χ4n) is 2.92. The summed E-state index contributed by atoms with van der Waals surface area (Å²) in [5.74, 6) is 0.481. The highest BCUT2D eigenvalue weighted by molar-refractivity contribution is 5.95. The molecular weight excluding hydrogens is 324 g/mol. The summed E-state index contributed by atoms with van der Waals surface area (Å²) in [5.41, 5.74) is 2.39. The van der Waals surface area contributed by atoms with Crippen molar-refractivity contribution < 1.29 is 19.1 Å². The molecule has 3 heterocycles. The number of rotatable bonds is 6. The first-order valence-electron chi connectivity index (χ1n) is 8.35. The van der Waals surface area contributed by atoms with E-state index in [1.807, 2.05) is 10.7 Å². The maximum atomic E-state index is 12.6. The lowest BCUT2D eigenvalue weighted by Gasteiger charge is -2.27. The summed E-state index contributed by atoms with van der Waals surface area (Å²) in [6.45, 7) is 3.70. The number of nitrogens with one attached hydrogen (secondary N) is 1. The number of fused-ring (bicyclic) bond motifs is 1. The number of aromatic nitrogens is 2. The van der Waals surface area contributed by atoms with Crippen LogP contribution in [0.1, 0.15) is 33.9 Å². The molecule has 8 nitrogen and oxygen atoms in total. The number of aliphatic hydroxyl groups is 1. The van der Waals surface area contributed by atoms with Crippen molar-refractivity contribution in [3.8, 4) is 0 Å². The van der Waals surface area contributed by atoms with Crippen LogP contribution in [0.5, 0.6) is 0 Å². The van der Waals surface area contributed by atoms with Crippen LogP contribution < -0.4 is 5.32 Å². The van der Waals surface area contributed by atoms with Gasteiger partial charge in [0.05, 0.1) is 42.9 Å². The van der Waals surface area contributed by atoms with Crippen LogP contribution in [0.2, 0.25) is 0 Å². The summed E-state index contributed by atoms with van der Waals surface area (Å²) in [4.78, 5) is 26.0. The summed E-state index contributed by atoms with van der Waals surface area (Å²) in [6, 6.07) is 3.64. The quantitative estimate of drug-likeness (QED) is 0.792. The molecule has 0 saturated heterocycles. The van der Waals surface area contributed by atoms with Crippen molar-refractivity contribution in [2.75, 3.05) is 19.7 Å². The fourth-order valence-corrected chi connectivity index (χ4v) is 2.92. The number of nitrogens with zero attached hydrogens (tertiary/aromatic N) is 3. The smallest absolute Gasteiger partial charge is 0.257 e. The average Bonchev–Trinajstić information content (AvgIpc) is 3.22. The molecule has 0 fully saturated rings. The van der Waals surface area contributed by atoms with Crippen molar-refractivity contribution in [1.29, 1.82) is 0 Å². The molecule has 0 saturated carbocycles. The van der Waals surface area contributed by atoms with Gasteiger partial charge in [-0.1, -0.05) is 0 Å². The fraction of sp³-hybridized carbons (Fsp3) is 0.471. The number of aliphatic hydroxyl groups excluding tert-OH is 1. The molecule has 1 aliphatic heterocycles. The van der Waals surface area contributed by atoms with Gasteiger partial charge in [-0.25, -0.2) is 0 Å². The van der Waals surface area contributed by atoms with Gasteiger partial charge >= 0.3 is 0 Å². The van der Waals surface area contributed by atoms with Gasteiger partial charge < -0.3 is 19.7 Å². The van der Waals surface area contributed by atoms with Crippen LogP contribution in [0.25, 0.3) is 0 Å². The molecule has 8 heteroatoms. The Kier molecular flexibility index (Phi) is 5.18. The molecule has 0 bridgehead atoms. The molecule has 0 atom stereocenters. The van der Waals surface area contributed by atoms with E-state index in [1.54, 1.807) is 17.9 Å². The Bertz CT molecular complexity index is 765. The van der Waals surface area contributed by atoms with Gasteiger partial charge in [-0.05, 0) is 19.1 Å². The van der Waals surface area contributed by atoms with Crippen LogP contribution in [0, 0.1) is 6.92 Å². The van der Waals surface area contributed by atoms with Crippen molar-refractivity contribution in [2.45, 2.75) is 32.9 Å². The Hall–Kier alpha value is -2.61. The van der Waals surface area contributed by atoms with Gasteiger partial charge in [0.25, 0.3) is 5.91 Å². The van der Waals surface area contributed by atoms with Crippen LogP contribution >= 0.6 is 0 Å². The minimum atomic E-state index is -0.104. The number of carbonyl (C=O) groups excluding carboxylic acids is 2. The van der Waals surface area contributed by atoms with E-state index in [0.29, 0.717) is 43.8 Å². The maximum Gasteiger partial charge on any atom is 0.257 e. The lowest BCUT2D eigenvalue weighted by atomic mass is 10.2. The number of aryl methyl sites for hydroxylation is 2. The lowest BCUT2D eigenvalue weighted by molar-refractivity contribution is -0.121. The van der Waals surface area contributed by atoms with Gasteiger partial charge in [-0.3, -0.25) is 14.3 Å². The summed E-state index contributed by atoms with van der Waals surface area (Å²) in [6.07, 6.45) is 2.38. The third-order valence-corrected chi connectivity index (χ3v) is 4.27. The highest BCUT2D eigenvalue weighted by Crippen LogP contribution is 2.19. The van der Waals surface area contributed by atoms with Crippen molar-refractivity contribution in [3.05, 3.63) is 41.1 Å². The van der Waals surface area contributed by atoms with Crippen LogP contribution in [0.3, 0.4) is 0 Å². The van der Waals surface area contributed by atoms with Gasteiger partial charge in [0, 0.05) is 25.9 Å². The van der Waals surface area contributed by atoms with Crippen molar-refractivity contribution in [2.24, 2.45) is 0 Å². The Morgan fingerprint density at radius 2 is 2.24 bits per heavy atom. The van der Waals surface area contributed by atoms with E-state index in [9.17, 15) is 9.59 Å². The SMILES string of the molecule is Cc1occc1C(=O)N1CCn2nc(CCC(=O)NCCO)cc2C1. The minimum absolute atomic E-state index is 0.0383. The second-order valence-corrected chi connectivity index (χ2v) is 6.04. The molecule has 2 aromatic heterocycles. The summed E-state index contributed by atoms with van der Waals surface area (Å²) in [5, 5.41) is 15.8. The number of hydrogen-bond donors (Lipinski definition) is 2. The van der Waals surface area contributed by atoms with Crippen LogP contribution in [0.15, 0.2) is 22.8 Å². The maximum absolute atomic E-state index is 12.6. The summed E-state index contributed by atoms with van der Waals surface area (Å²) >= 11 is 0. The predicted molar refractivity (Wildman–Crippen MR) is 88.8 cm³/mol. The second kappa shape index (κ2) is 7.52. The standard InChI is InChI=1S/C17H22N4O4/c1-12-15(4-9-25-12)17(24)20-6-7-21-14(11-20)10-13(19-21)2-3-16(23)18-5-8-22/h4,9-10,22H,2-3,5-8,11H2,1H3,(H,18,23). The first kappa shape index (κ1) is 17.2. The number of carbonyl (C=O) groups is 2. The second-order valence-electron chi connectivity index (χ2n) is 6.04. The van der Waals surface area contributed by atoms with Gasteiger partial charge in [0.2, 0.25) is 5.91 Å². The first-order valence-corrected chi connectivity index (χ1v) is 8.35. The molecule has 2 amide bonds. The molecule has 2 aromatic rings. The molecule has 1 aliphatic rings. The van der Waals surface area contributed by atoms with Crippen molar-refractivity contribution in [3.63, 3.8) is 0 Å². The normalized spacial score (nSPS) is 13.6. The highest BCUT2D eigenvalue weighted by Gasteiger charge is 2.25. The third kappa shape index (κ3) is 3.90. The summed E-state index contributed by atoms with van der Waals surface area (Å²) < 4.78 is 7.11. The molecule has 134 valence electrons. The van der Waals surface area contributed by atoms with E-state index in [4.69, 9.17) is 9.52 Å². The summed E-state index contributed by atoms with van der Waals surface area (Å²) in [7, 11) is 0. The van der Waals surface area contributed by atoms with Gasteiger partial charge in [0.1, 0.15) is 5.76 Å². The van der Waals surface area contributed by atoms with Crippen LogP contribution in [-0.4, -0.2) is 51.3 Å². The van der Waals surface area contributed by atoms with E-state index >= 15 is 0 Å². The molecule has 0 unspecified atom stereocenters. The van der Waals surface area contributed by atoms with Crippen LogP contribution in [0.4, 0.5) is 0 Å². The number of hydrogen-bond acceptors (Lipinski definition) is 5. The van der Waals surface area contributed by atoms with Crippen molar-refractivity contribution in [1.82, 2.24) is 20.0 Å². The number of amides is 2. The van der Waals surface area contributed by atoms with Gasteiger partial charge in [-0.2, -0.15) is 5.10 Å². The zero-order valence-electron chi connectivity index (χ0n) is 14.2. The van der Waals surface area contributed by atoms with E-state index in [2.05, 4.69) is 10.4 Å². The van der Waals surface area contributed by atoms with Crippen LogP contribution in [-0.2, 0) is 24.3 Å². The topological polar surface area (TPSA) is 101 Å². The molecule has 0 radical (unpaired) electrons. The van der Waals surface area contributed by atoms with Gasteiger partial charge in [0.15, 0.2) is 0 Å². The predicted octanol–water partition coefficient (Wildman–Crippen LogP) is 0.482. The molecule has 0 aliphatic carbocycles. The lowest BCUT2D eigenvalue weighted by Crippen LogP contribution is -2.38. The molecular formula is C17H22N4O4. The monoisotopic (exact) mass is 346 g/mol. The zero-order chi connectivity index (χ0) is 17.8. The molecule has 0 aromatic carbocycles. The van der Waals surface area contributed by atoms with Gasteiger partial charge in [-0.15, -0.1) is 0 Å². The van der Waals surface area contributed by atoms with E-state index in [0.717, 1.165) is 11.4 Å². The molecule has 3 rings (SSSR count). The largest absolute Gasteiger partial charge is 0.469 e. The first-order chi connectivity index (χ1) is 12.1. The highest BCUT2D eigenvalue weighted by atomic mass is 16.3. The Balaban J connectivity index is 1.60. The Morgan fingerprint density at radius 3 is 2.96 bits per heavy atom.